The molecule has 0 spiro atoms. The molecule has 17 heavy (non-hydrogen) atoms. The summed E-state index contributed by atoms with van der Waals surface area (Å²) in [6, 6.07) is 9.61. The third-order valence-electron chi connectivity index (χ3n) is 2.92. The van der Waals surface area contributed by atoms with Gasteiger partial charge in [0.25, 0.3) is 0 Å². The van der Waals surface area contributed by atoms with Crippen molar-refractivity contribution in [3.8, 4) is 0 Å². The summed E-state index contributed by atoms with van der Waals surface area (Å²) < 4.78 is 0. The van der Waals surface area contributed by atoms with Crippen molar-refractivity contribution >= 4 is 5.78 Å². The quantitative estimate of drug-likeness (QED) is 0.786. The average Bonchev–Trinajstić information content (AvgIpc) is 2.29. The van der Waals surface area contributed by atoms with Crippen LogP contribution in [-0.4, -0.2) is 11.8 Å². The van der Waals surface area contributed by atoms with Crippen LogP contribution in [0.1, 0.15) is 38.7 Å². The van der Waals surface area contributed by atoms with E-state index < -0.39 is 0 Å². The second-order valence-electron chi connectivity index (χ2n) is 5.05. The molecule has 1 atom stereocenters. The van der Waals surface area contributed by atoms with Gasteiger partial charge in [0.15, 0.2) is 0 Å². The number of hydrogen-bond donors (Lipinski definition) is 1. The highest BCUT2D eigenvalue weighted by Gasteiger charge is 2.13. The van der Waals surface area contributed by atoms with Crippen LogP contribution in [0.5, 0.6) is 0 Å². The molecule has 0 saturated carbocycles. The number of Topliss-reactive ketones (excluding diaryl/α,β-unsaturated/α-hetero) is 1. The van der Waals surface area contributed by atoms with E-state index in [0.29, 0.717) is 18.8 Å². The lowest BCUT2D eigenvalue weighted by atomic mass is 9.98. The van der Waals surface area contributed by atoms with Crippen LogP contribution in [0, 0.1) is 5.92 Å². The lowest BCUT2D eigenvalue weighted by molar-refractivity contribution is -0.120. The molecule has 0 heterocycles. The van der Waals surface area contributed by atoms with Crippen LogP contribution in [0.4, 0.5) is 0 Å². The van der Waals surface area contributed by atoms with Gasteiger partial charge in [-0.15, -0.1) is 0 Å². The van der Waals surface area contributed by atoms with Crippen molar-refractivity contribution in [1.82, 2.24) is 0 Å². The fourth-order valence-electron chi connectivity index (χ4n) is 1.85. The monoisotopic (exact) mass is 233 g/mol. The summed E-state index contributed by atoms with van der Waals surface area (Å²) in [5.41, 5.74) is 7.05. The summed E-state index contributed by atoms with van der Waals surface area (Å²) >= 11 is 0. The molecular formula is C15H23NO. The molecule has 94 valence electrons. The predicted octanol–water partition coefficient (Wildman–Crippen LogP) is 2.95. The van der Waals surface area contributed by atoms with Crippen LogP contribution in [0.3, 0.4) is 0 Å². The molecule has 0 fully saturated rings. The molecule has 1 aromatic carbocycles. The Balaban J connectivity index is 2.32. The highest BCUT2D eigenvalue weighted by molar-refractivity contribution is 5.84. The van der Waals surface area contributed by atoms with E-state index in [1.807, 2.05) is 30.3 Å². The second kappa shape index (κ2) is 7.23. The molecular weight excluding hydrogens is 210 g/mol. The highest BCUT2D eigenvalue weighted by atomic mass is 16.1. The van der Waals surface area contributed by atoms with Crippen LogP contribution in [0.25, 0.3) is 0 Å². The van der Waals surface area contributed by atoms with Gasteiger partial charge in [-0.1, -0.05) is 50.6 Å². The minimum atomic E-state index is -0.343. The smallest absolute Gasteiger partial charge is 0.149 e. The molecule has 0 aromatic heterocycles. The maximum absolute atomic E-state index is 11.8. The van der Waals surface area contributed by atoms with Crippen LogP contribution < -0.4 is 5.73 Å². The van der Waals surface area contributed by atoms with Gasteiger partial charge in [0.05, 0.1) is 6.04 Å². The molecule has 0 aliphatic rings. The fraction of sp³-hybridized carbons (Fsp3) is 0.533. The zero-order valence-electron chi connectivity index (χ0n) is 10.9. The van der Waals surface area contributed by atoms with Crippen molar-refractivity contribution in [3.63, 3.8) is 0 Å². The predicted molar refractivity (Wildman–Crippen MR) is 71.8 cm³/mol. The lowest BCUT2D eigenvalue weighted by Gasteiger charge is -2.11. The van der Waals surface area contributed by atoms with E-state index in [-0.39, 0.29) is 11.8 Å². The molecule has 1 rings (SSSR count). The van der Waals surface area contributed by atoms with E-state index in [1.165, 1.54) is 0 Å². The molecule has 1 aromatic rings. The normalized spacial score (nSPS) is 12.7. The Labute approximate surface area is 104 Å². The topological polar surface area (TPSA) is 43.1 Å². The summed E-state index contributed by atoms with van der Waals surface area (Å²) in [7, 11) is 0. The maximum Gasteiger partial charge on any atom is 0.149 e. The van der Waals surface area contributed by atoms with Crippen molar-refractivity contribution in [2.24, 2.45) is 11.7 Å². The molecule has 0 amide bonds. The number of nitrogens with two attached hydrogens (primary N) is 1. The third kappa shape index (κ3) is 5.64. The van der Waals surface area contributed by atoms with E-state index in [0.717, 1.165) is 18.4 Å². The van der Waals surface area contributed by atoms with Crippen LogP contribution in [-0.2, 0) is 11.2 Å². The Morgan fingerprint density at radius 3 is 2.47 bits per heavy atom. The molecule has 0 saturated heterocycles. The van der Waals surface area contributed by atoms with Crippen molar-refractivity contribution in [2.75, 3.05) is 0 Å². The summed E-state index contributed by atoms with van der Waals surface area (Å²) in [5, 5.41) is 0. The number of carbonyl (C=O) groups is 1. The Morgan fingerprint density at radius 1 is 1.24 bits per heavy atom. The zero-order chi connectivity index (χ0) is 12.7. The van der Waals surface area contributed by atoms with Crippen LogP contribution >= 0.6 is 0 Å². The molecule has 1 unspecified atom stereocenters. The standard InChI is InChI=1S/C15H23NO/c1-12(2)7-6-10-15(17)14(16)11-13-8-4-3-5-9-13/h3-5,8-9,12,14H,6-7,10-11,16H2,1-2H3. The van der Waals surface area contributed by atoms with Gasteiger partial charge < -0.3 is 5.73 Å². The molecule has 0 bridgehead atoms. The molecule has 2 heteroatoms. The van der Waals surface area contributed by atoms with Crippen molar-refractivity contribution in [2.45, 2.75) is 45.6 Å². The first-order valence-electron chi connectivity index (χ1n) is 6.42. The first-order chi connectivity index (χ1) is 8.09. The third-order valence-corrected chi connectivity index (χ3v) is 2.92. The van der Waals surface area contributed by atoms with E-state index in [2.05, 4.69) is 13.8 Å². The number of carbonyl (C=O) groups excluding carboxylic acids is 1. The fourth-order valence-corrected chi connectivity index (χ4v) is 1.85. The van der Waals surface area contributed by atoms with Gasteiger partial charge in [0, 0.05) is 6.42 Å². The van der Waals surface area contributed by atoms with Gasteiger partial charge in [-0.05, 0) is 24.3 Å². The van der Waals surface area contributed by atoms with Gasteiger partial charge in [-0.2, -0.15) is 0 Å². The number of hydrogen-bond acceptors (Lipinski definition) is 2. The van der Waals surface area contributed by atoms with Crippen LogP contribution in [0.15, 0.2) is 30.3 Å². The van der Waals surface area contributed by atoms with Crippen molar-refractivity contribution < 1.29 is 4.79 Å². The molecule has 0 aliphatic heterocycles. The minimum Gasteiger partial charge on any atom is -0.321 e. The molecule has 2 N–H and O–H groups in total. The number of ketones is 1. The van der Waals surface area contributed by atoms with Gasteiger partial charge in [-0.3, -0.25) is 4.79 Å². The molecule has 0 radical (unpaired) electrons. The number of benzene rings is 1. The Bertz CT molecular complexity index is 332. The van der Waals surface area contributed by atoms with Crippen LogP contribution in [0.2, 0.25) is 0 Å². The van der Waals surface area contributed by atoms with Crippen molar-refractivity contribution in [3.05, 3.63) is 35.9 Å². The first kappa shape index (κ1) is 13.9. The summed E-state index contributed by atoms with van der Waals surface area (Å²) in [5.74, 6) is 0.850. The summed E-state index contributed by atoms with van der Waals surface area (Å²) in [6.45, 7) is 4.35. The summed E-state index contributed by atoms with van der Waals surface area (Å²) in [4.78, 5) is 11.8. The minimum absolute atomic E-state index is 0.189. The van der Waals surface area contributed by atoms with Gasteiger partial charge in [-0.25, -0.2) is 0 Å². The average molecular weight is 233 g/mol. The van der Waals surface area contributed by atoms with Crippen molar-refractivity contribution in [1.29, 1.82) is 0 Å². The van der Waals surface area contributed by atoms with E-state index in [4.69, 9.17) is 5.73 Å². The first-order valence-corrected chi connectivity index (χ1v) is 6.42. The highest BCUT2D eigenvalue weighted by Crippen LogP contribution is 2.09. The Hall–Kier alpha value is -1.15. The van der Waals surface area contributed by atoms with E-state index in [1.54, 1.807) is 0 Å². The lowest BCUT2D eigenvalue weighted by Crippen LogP contribution is -2.32. The van der Waals surface area contributed by atoms with Gasteiger partial charge in [0.2, 0.25) is 0 Å². The number of rotatable bonds is 7. The molecule has 0 aliphatic carbocycles. The van der Waals surface area contributed by atoms with Gasteiger partial charge in [0.1, 0.15) is 5.78 Å². The zero-order valence-corrected chi connectivity index (χ0v) is 10.9. The maximum atomic E-state index is 11.8. The second-order valence-corrected chi connectivity index (χ2v) is 5.05. The summed E-state index contributed by atoms with van der Waals surface area (Å²) in [6.07, 6.45) is 3.33. The SMILES string of the molecule is CC(C)CCCC(=O)C(N)Cc1ccccc1. The van der Waals surface area contributed by atoms with E-state index in [9.17, 15) is 4.79 Å². The molecule has 2 nitrogen and oxygen atoms in total. The Morgan fingerprint density at radius 2 is 1.88 bits per heavy atom. The van der Waals surface area contributed by atoms with Gasteiger partial charge >= 0.3 is 0 Å². The Kier molecular flexibility index (Phi) is 5.92. The largest absolute Gasteiger partial charge is 0.321 e. The van der Waals surface area contributed by atoms with E-state index >= 15 is 0 Å².